The van der Waals surface area contributed by atoms with E-state index in [1.807, 2.05) is 13.0 Å². The van der Waals surface area contributed by atoms with E-state index in [1.54, 1.807) is 12.1 Å². The Morgan fingerprint density at radius 2 is 2.06 bits per heavy atom. The summed E-state index contributed by atoms with van der Waals surface area (Å²) < 4.78 is 33.0. The van der Waals surface area contributed by atoms with Crippen LogP contribution in [0.15, 0.2) is 41.3 Å². The van der Waals surface area contributed by atoms with Gasteiger partial charge < -0.3 is 15.4 Å². The van der Waals surface area contributed by atoms with Crippen LogP contribution in [0.4, 0.5) is 11.4 Å². The molecule has 1 saturated heterocycles. The number of hydrogen-bond donors (Lipinski definition) is 2. The Morgan fingerprint density at radius 1 is 1.26 bits per heavy atom. The van der Waals surface area contributed by atoms with Crippen molar-refractivity contribution in [3.63, 3.8) is 0 Å². The smallest absolute Gasteiger partial charge is 0.262 e. The van der Waals surface area contributed by atoms with Gasteiger partial charge in [-0.2, -0.15) is 4.31 Å². The Morgan fingerprint density at radius 3 is 2.84 bits per heavy atom. The van der Waals surface area contributed by atoms with Gasteiger partial charge in [-0.1, -0.05) is 17.7 Å². The van der Waals surface area contributed by atoms with Crippen LogP contribution in [0.25, 0.3) is 0 Å². The fourth-order valence-electron chi connectivity index (χ4n) is 3.66. The van der Waals surface area contributed by atoms with Crippen molar-refractivity contribution in [3.8, 4) is 5.75 Å². The lowest BCUT2D eigenvalue weighted by atomic mass is 9.98. The molecule has 1 fully saturated rings. The molecule has 0 aromatic heterocycles. The van der Waals surface area contributed by atoms with E-state index in [2.05, 4.69) is 10.6 Å². The number of amides is 2. The van der Waals surface area contributed by atoms with E-state index >= 15 is 0 Å². The van der Waals surface area contributed by atoms with Crippen LogP contribution in [0.2, 0.25) is 5.02 Å². The van der Waals surface area contributed by atoms with Gasteiger partial charge in [0.1, 0.15) is 5.75 Å². The first kappa shape index (κ1) is 21.6. The number of nitrogens with one attached hydrogen (secondary N) is 2. The van der Waals surface area contributed by atoms with Crippen molar-refractivity contribution in [3.05, 3.63) is 47.0 Å². The first-order chi connectivity index (χ1) is 14.7. The second-order valence-electron chi connectivity index (χ2n) is 7.65. The zero-order valence-electron chi connectivity index (χ0n) is 16.9. The van der Waals surface area contributed by atoms with Gasteiger partial charge in [0.25, 0.3) is 5.91 Å². The minimum atomic E-state index is -3.84. The Kier molecular flexibility index (Phi) is 5.92. The van der Waals surface area contributed by atoms with Crippen molar-refractivity contribution >= 4 is 44.8 Å². The number of rotatable bonds is 4. The number of halogens is 1. The highest BCUT2D eigenvalue weighted by molar-refractivity contribution is 7.89. The van der Waals surface area contributed by atoms with Crippen LogP contribution in [0.5, 0.6) is 5.75 Å². The largest absolute Gasteiger partial charge is 0.482 e. The summed E-state index contributed by atoms with van der Waals surface area (Å²) in [6.45, 7) is 2.17. The van der Waals surface area contributed by atoms with Crippen molar-refractivity contribution < 1.29 is 22.7 Å². The van der Waals surface area contributed by atoms with E-state index in [1.165, 1.54) is 22.5 Å². The number of ether oxygens (including phenoxy) is 1. The average Bonchev–Trinajstić information content (AvgIpc) is 2.75. The molecule has 2 heterocycles. The molecule has 2 aliphatic rings. The fraction of sp³-hybridized carbons (Fsp3) is 0.333. The molecule has 1 atom stereocenters. The van der Waals surface area contributed by atoms with Crippen LogP contribution in [-0.4, -0.2) is 44.2 Å². The van der Waals surface area contributed by atoms with Crippen molar-refractivity contribution in [2.45, 2.75) is 24.7 Å². The lowest BCUT2D eigenvalue weighted by Gasteiger charge is -2.31. The number of carbonyl (C=O) groups is 2. The lowest BCUT2D eigenvalue weighted by Crippen LogP contribution is -2.43. The average molecular weight is 464 g/mol. The maximum Gasteiger partial charge on any atom is 0.262 e. The van der Waals surface area contributed by atoms with Crippen LogP contribution in [0, 0.1) is 12.8 Å². The quantitative estimate of drug-likeness (QED) is 0.725. The predicted octanol–water partition coefficient (Wildman–Crippen LogP) is 3.02. The zero-order chi connectivity index (χ0) is 22.2. The third-order valence-corrected chi connectivity index (χ3v) is 7.68. The molecule has 2 amide bonds. The number of anilines is 2. The van der Waals surface area contributed by atoms with Crippen molar-refractivity contribution in [1.29, 1.82) is 0 Å². The second kappa shape index (κ2) is 8.49. The van der Waals surface area contributed by atoms with Gasteiger partial charge in [-0.15, -0.1) is 0 Å². The van der Waals surface area contributed by atoms with Gasteiger partial charge in [-0.25, -0.2) is 8.42 Å². The van der Waals surface area contributed by atoms with Crippen molar-refractivity contribution in [1.82, 2.24) is 4.31 Å². The molecule has 10 heteroatoms. The summed E-state index contributed by atoms with van der Waals surface area (Å²) in [5, 5.41) is 5.99. The van der Waals surface area contributed by atoms with E-state index in [9.17, 15) is 18.0 Å². The van der Waals surface area contributed by atoms with E-state index in [4.69, 9.17) is 16.3 Å². The number of piperidine rings is 1. The molecule has 0 radical (unpaired) electrons. The molecule has 164 valence electrons. The summed E-state index contributed by atoms with van der Waals surface area (Å²) in [5.74, 6) is -0.644. The van der Waals surface area contributed by atoms with E-state index in [0.717, 1.165) is 5.56 Å². The van der Waals surface area contributed by atoms with Gasteiger partial charge in [-0.3, -0.25) is 9.59 Å². The number of aryl methyl sites for hydroxylation is 1. The molecule has 2 aromatic carbocycles. The number of fused-ring (bicyclic) bond motifs is 1. The van der Waals surface area contributed by atoms with Gasteiger partial charge in [0, 0.05) is 23.8 Å². The normalized spacial score (nSPS) is 19.2. The molecule has 0 spiro atoms. The first-order valence-electron chi connectivity index (χ1n) is 9.88. The van der Waals surface area contributed by atoms with Gasteiger partial charge in [0.05, 0.1) is 16.5 Å². The molecule has 2 aromatic rings. The Balaban J connectivity index is 1.49. The fourth-order valence-corrected chi connectivity index (χ4v) is 5.39. The molecular formula is C21H22ClN3O5S. The Hall–Kier alpha value is -2.62. The second-order valence-corrected chi connectivity index (χ2v) is 10.00. The van der Waals surface area contributed by atoms with Crippen LogP contribution in [0.1, 0.15) is 18.4 Å². The molecule has 31 heavy (non-hydrogen) atoms. The maximum atomic E-state index is 13.2. The lowest BCUT2D eigenvalue weighted by molar-refractivity contribution is -0.121. The van der Waals surface area contributed by atoms with E-state index in [-0.39, 0.29) is 29.9 Å². The van der Waals surface area contributed by atoms with E-state index in [0.29, 0.717) is 41.5 Å². The molecule has 0 saturated carbocycles. The topological polar surface area (TPSA) is 105 Å². The third-order valence-electron chi connectivity index (χ3n) is 5.42. The van der Waals surface area contributed by atoms with Gasteiger partial charge >= 0.3 is 0 Å². The van der Waals surface area contributed by atoms with Crippen LogP contribution >= 0.6 is 11.6 Å². The number of sulfonamides is 1. The molecule has 2 N–H and O–H groups in total. The highest BCUT2D eigenvalue weighted by Crippen LogP contribution is 2.32. The molecule has 2 aliphatic heterocycles. The van der Waals surface area contributed by atoms with Crippen LogP contribution in [-0.2, 0) is 19.6 Å². The first-order valence-corrected chi connectivity index (χ1v) is 11.7. The molecule has 8 nitrogen and oxygen atoms in total. The Bertz CT molecular complexity index is 1150. The van der Waals surface area contributed by atoms with Crippen molar-refractivity contribution in [2.75, 3.05) is 30.3 Å². The van der Waals surface area contributed by atoms with Gasteiger partial charge in [-0.05, 0) is 55.7 Å². The maximum absolute atomic E-state index is 13.2. The number of nitrogens with zero attached hydrogens (tertiary/aromatic N) is 1. The standard InChI is InChI=1S/C21H22ClN3O5S/c1-13-4-5-15(9-17(13)22)23-21(27)14-3-2-8-25(11-14)31(28,29)16-6-7-19-18(10-16)24-20(26)12-30-19/h4-7,9-10,14H,2-3,8,11-12H2,1H3,(H,23,27)(H,24,26)/t14-/m1/s1. The monoisotopic (exact) mass is 463 g/mol. The van der Waals surface area contributed by atoms with Gasteiger partial charge in [0.15, 0.2) is 6.61 Å². The van der Waals surface area contributed by atoms with E-state index < -0.39 is 15.9 Å². The predicted molar refractivity (Wildman–Crippen MR) is 117 cm³/mol. The summed E-state index contributed by atoms with van der Waals surface area (Å²) in [6, 6.07) is 9.62. The summed E-state index contributed by atoms with van der Waals surface area (Å²) >= 11 is 6.12. The highest BCUT2D eigenvalue weighted by Gasteiger charge is 2.34. The minimum Gasteiger partial charge on any atom is -0.482 e. The highest BCUT2D eigenvalue weighted by atomic mass is 35.5. The SMILES string of the molecule is Cc1ccc(NC(=O)[C@@H]2CCCN(S(=O)(=O)c3ccc4c(c3)NC(=O)CO4)C2)cc1Cl. The molecular weight excluding hydrogens is 442 g/mol. The van der Waals surface area contributed by atoms with Crippen LogP contribution in [0.3, 0.4) is 0 Å². The molecule has 0 unspecified atom stereocenters. The number of hydrogen-bond acceptors (Lipinski definition) is 5. The number of benzene rings is 2. The Labute approximate surface area is 185 Å². The zero-order valence-corrected chi connectivity index (χ0v) is 18.4. The summed E-state index contributed by atoms with van der Waals surface area (Å²) in [7, 11) is -3.84. The minimum absolute atomic E-state index is 0.0448. The summed E-state index contributed by atoms with van der Waals surface area (Å²) in [4.78, 5) is 24.4. The van der Waals surface area contributed by atoms with Crippen LogP contribution < -0.4 is 15.4 Å². The summed E-state index contributed by atoms with van der Waals surface area (Å²) in [5.41, 5.74) is 1.80. The van der Waals surface area contributed by atoms with Gasteiger partial charge in [0.2, 0.25) is 15.9 Å². The molecule has 4 rings (SSSR count). The molecule has 0 aliphatic carbocycles. The summed E-state index contributed by atoms with van der Waals surface area (Å²) in [6.07, 6.45) is 1.16. The molecule has 0 bridgehead atoms. The number of carbonyl (C=O) groups excluding carboxylic acids is 2. The third kappa shape index (κ3) is 4.53. The van der Waals surface area contributed by atoms with Crippen molar-refractivity contribution in [2.24, 2.45) is 5.92 Å².